The second-order valence-electron chi connectivity index (χ2n) is 7.94. The fraction of sp³-hybridized carbons (Fsp3) is 0.208. The lowest BCUT2D eigenvalue weighted by Gasteiger charge is -2.17. The van der Waals surface area contributed by atoms with Crippen molar-refractivity contribution in [2.45, 2.75) is 6.42 Å². The predicted octanol–water partition coefficient (Wildman–Crippen LogP) is 4.41. The molecule has 1 N–H and O–H groups in total. The number of amides is 3. The number of rotatable bonds is 4. The first-order valence-corrected chi connectivity index (χ1v) is 10.7. The maximum absolute atomic E-state index is 13.0. The van der Waals surface area contributed by atoms with Crippen molar-refractivity contribution in [3.8, 4) is 0 Å². The summed E-state index contributed by atoms with van der Waals surface area (Å²) in [7, 11) is 0. The van der Waals surface area contributed by atoms with Crippen molar-refractivity contribution in [3.63, 3.8) is 0 Å². The lowest BCUT2D eigenvalue weighted by atomic mass is 9.85. The van der Waals surface area contributed by atoms with E-state index in [0.29, 0.717) is 11.4 Å². The molecule has 30 heavy (non-hydrogen) atoms. The highest BCUT2D eigenvalue weighted by molar-refractivity contribution is 9.10. The van der Waals surface area contributed by atoms with E-state index in [1.165, 1.54) is 11.0 Å². The Morgan fingerprint density at radius 1 is 1.00 bits per heavy atom. The number of allylic oxidation sites excluding steroid dienone is 2. The minimum atomic E-state index is -0.256. The largest absolute Gasteiger partial charge is 0.323 e. The Morgan fingerprint density at radius 3 is 2.33 bits per heavy atom. The van der Waals surface area contributed by atoms with Gasteiger partial charge in [-0.2, -0.15) is 0 Å². The first-order chi connectivity index (χ1) is 14.5. The van der Waals surface area contributed by atoms with Gasteiger partial charge in [0.05, 0.1) is 17.5 Å². The number of hydrogen-bond donors (Lipinski definition) is 1. The first kappa shape index (κ1) is 19.0. The van der Waals surface area contributed by atoms with Crippen LogP contribution in [0.2, 0.25) is 0 Å². The highest BCUT2D eigenvalue weighted by Gasteiger charge is 2.59. The summed E-state index contributed by atoms with van der Waals surface area (Å²) in [5.74, 6) is -0.523. The number of hydrogen-bond acceptors (Lipinski definition) is 3. The van der Waals surface area contributed by atoms with Crippen molar-refractivity contribution in [1.82, 2.24) is 0 Å². The zero-order valence-corrected chi connectivity index (χ0v) is 17.6. The van der Waals surface area contributed by atoms with Gasteiger partial charge in [-0.25, -0.2) is 4.90 Å². The van der Waals surface area contributed by atoms with Crippen LogP contribution in [-0.2, 0) is 14.4 Å². The van der Waals surface area contributed by atoms with E-state index in [4.69, 9.17) is 0 Å². The molecule has 1 saturated heterocycles. The van der Waals surface area contributed by atoms with Gasteiger partial charge >= 0.3 is 0 Å². The molecule has 1 heterocycles. The Bertz CT molecular complexity index is 1080. The second kappa shape index (κ2) is 7.36. The SMILES string of the molecule is O=C(/C=C/c1cccc(N2C(=O)[C@@H]3[C@H](C2=O)[C@@H]2C=C[C@H]3C2)c1)Nc1ccc(Br)cc1. The molecule has 1 saturated carbocycles. The summed E-state index contributed by atoms with van der Waals surface area (Å²) in [6, 6.07) is 14.5. The molecule has 5 nitrogen and oxygen atoms in total. The predicted molar refractivity (Wildman–Crippen MR) is 118 cm³/mol. The van der Waals surface area contributed by atoms with Crippen LogP contribution in [-0.4, -0.2) is 17.7 Å². The minimum Gasteiger partial charge on any atom is -0.323 e. The highest BCUT2D eigenvalue weighted by atomic mass is 79.9. The second-order valence-corrected chi connectivity index (χ2v) is 8.85. The summed E-state index contributed by atoms with van der Waals surface area (Å²) < 4.78 is 0.937. The van der Waals surface area contributed by atoms with Crippen molar-refractivity contribution >= 4 is 51.1 Å². The Hall–Kier alpha value is -2.99. The normalized spacial score (nSPS) is 26.6. The lowest BCUT2D eigenvalue weighted by molar-refractivity contribution is -0.123. The molecule has 2 aliphatic carbocycles. The highest BCUT2D eigenvalue weighted by Crippen LogP contribution is 2.53. The van der Waals surface area contributed by atoms with Crippen LogP contribution in [0.25, 0.3) is 6.08 Å². The molecule has 6 heteroatoms. The summed E-state index contributed by atoms with van der Waals surface area (Å²) in [6.07, 6.45) is 8.20. The van der Waals surface area contributed by atoms with E-state index in [-0.39, 0.29) is 41.4 Å². The number of carbonyl (C=O) groups excluding carboxylic acids is 3. The third-order valence-electron chi connectivity index (χ3n) is 6.14. The number of carbonyl (C=O) groups is 3. The van der Waals surface area contributed by atoms with Gasteiger partial charge in [-0.3, -0.25) is 14.4 Å². The number of nitrogens with zero attached hydrogens (tertiary/aromatic N) is 1. The van der Waals surface area contributed by atoms with Crippen molar-refractivity contribution in [3.05, 3.63) is 76.8 Å². The number of anilines is 2. The molecule has 4 atom stereocenters. The fourth-order valence-corrected chi connectivity index (χ4v) is 5.08. The van der Waals surface area contributed by atoms with Gasteiger partial charge in [-0.05, 0) is 66.3 Å². The van der Waals surface area contributed by atoms with E-state index in [0.717, 1.165) is 16.5 Å². The van der Waals surface area contributed by atoms with Gasteiger partial charge in [0.25, 0.3) is 0 Å². The van der Waals surface area contributed by atoms with E-state index < -0.39 is 0 Å². The molecule has 3 amide bonds. The lowest BCUT2D eigenvalue weighted by Crippen LogP contribution is -2.32. The molecule has 0 unspecified atom stereocenters. The van der Waals surface area contributed by atoms with Crippen LogP contribution >= 0.6 is 15.9 Å². The molecule has 0 spiro atoms. The molecular formula is C24H19BrN2O3. The first-order valence-electron chi connectivity index (χ1n) is 9.92. The Morgan fingerprint density at radius 2 is 1.67 bits per heavy atom. The van der Waals surface area contributed by atoms with Crippen LogP contribution in [0.4, 0.5) is 11.4 Å². The smallest absolute Gasteiger partial charge is 0.248 e. The molecule has 150 valence electrons. The maximum atomic E-state index is 13.0. The molecule has 0 aromatic heterocycles. The van der Waals surface area contributed by atoms with Crippen LogP contribution in [0, 0.1) is 23.7 Å². The van der Waals surface area contributed by atoms with Crippen molar-refractivity contribution in [1.29, 1.82) is 0 Å². The monoisotopic (exact) mass is 462 g/mol. The number of nitrogens with one attached hydrogen (secondary N) is 1. The van der Waals surface area contributed by atoms with Crippen molar-refractivity contribution in [2.75, 3.05) is 10.2 Å². The number of benzene rings is 2. The number of halogens is 1. The van der Waals surface area contributed by atoms with E-state index in [1.54, 1.807) is 36.4 Å². The molecule has 3 aliphatic rings. The summed E-state index contributed by atoms with van der Waals surface area (Å²) in [5.41, 5.74) is 2.01. The van der Waals surface area contributed by atoms with Crippen LogP contribution in [0.1, 0.15) is 12.0 Å². The van der Waals surface area contributed by atoms with Gasteiger partial charge in [0, 0.05) is 16.2 Å². The maximum Gasteiger partial charge on any atom is 0.248 e. The third-order valence-corrected chi connectivity index (χ3v) is 6.67. The van der Waals surface area contributed by atoms with Crippen LogP contribution < -0.4 is 10.2 Å². The summed E-state index contributed by atoms with van der Waals surface area (Å²) in [5, 5.41) is 2.79. The summed E-state index contributed by atoms with van der Waals surface area (Å²) in [4.78, 5) is 39.5. The third kappa shape index (κ3) is 3.21. The van der Waals surface area contributed by atoms with Gasteiger partial charge in [0.15, 0.2) is 0 Å². The van der Waals surface area contributed by atoms with Gasteiger partial charge in [-0.1, -0.05) is 40.2 Å². The van der Waals surface area contributed by atoms with Crippen LogP contribution in [0.15, 0.2) is 71.2 Å². The molecule has 2 aromatic carbocycles. The van der Waals surface area contributed by atoms with E-state index in [2.05, 4.69) is 33.4 Å². The Balaban J connectivity index is 1.32. The average Bonchev–Trinajstić information content (AvgIpc) is 3.42. The summed E-state index contributed by atoms with van der Waals surface area (Å²) >= 11 is 3.36. The van der Waals surface area contributed by atoms with Gasteiger partial charge in [-0.15, -0.1) is 0 Å². The summed E-state index contributed by atoms with van der Waals surface area (Å²) in [6.45, 7) is 0. The molecular weight excluding hydrogens is 444 g/mol. The van der Waals surface area contributed by atoms with E-state index >= 15 is 0 Å². The molecule has 2 aromatic rings. The quantitative estimate of drug-likeness (QED) is 0.415. The van der Waals surface area contributed by atoms with Gasteiger partial charge in [0.1, 0.15) is 0 Å². The number of fused-ring (bicyclic) bond motifs is 5. The molecule has 2 fully saturated rings. The average molecular weight is 463 g/mol. The fourth-order valence-electron chi connectivity index (χ4n) is 4.81. The molecule has 0 radical (unpaired) electrons. The molecule has 2 bridgehead atoms. The van der Waals surface area contributed by atoms with Crippen molar-refractivity contribution < 1.29 is 14.4 Å². The van der Waals surface area contributed by atoms with Gasteiger partial charge < -0.3 is 5.32 Å². The Labute approximate surface area is 182 Å². The minimum absolute atomic E-state index is 0.101. The van der Waals surface area contributed by atoms with E-state index in [9.17, 15) is 14.4 Å². The van der Waals surface area contributed by atoms with Crippen LogP contribution in [0.5, 0.6) is 0 Å². The topological polar surface area (TPSA) is 66.5 Å². The number of imide groups is 1. The Kier molecular flexibility index (Phi) is 4.66. The van der Waals surface area contributed by atoms with Gasteiger partial charge in [0.2, 0.25) is 17.7 Å². The zero-order valence-electron chi connectivity index (χ0n) is 16.0. The molecule has 1 aliphatic heterocycles. The van der Waals surface area contributed by atoms with E-state index in [1.807, 2.05) is 18.2 Å². The van der Waals surface area contributed by atoms with Crippen LogP contribution in [0.3, 0.4) is 0 Å². The molecule has 5 rings (SSSR count). The standard InChI is InChI=1S/C24H19BrN2O3/c25-17-7-9-18(10-8-17)26-20(28)11-4-14-2-1-3-19(12-14)27-23(29)21-15-5-6-16(13-15)22(21)24(27)30/h1-12,15-16,21-22H,13H2,(H,26,28)/b11-4+/t15-,16+,21-,22+. The zero-order chi connectivity index (χ0) is 20.8. The van der Waals surface area contributed by atoms with Crippen molar-refractivity contribution in [2.24, 2.45) is 23.7 Å².